The van der Waals surface area contributed by atoms with Crippen molar-refractivity contribution in [1.82, 2.24) is 10.3 Å². The van der Waals surface area contributed by atoms with Crippen molar-refractivity contribution < 1.29 is 13.2 Å². The quantitative estimate of drug-likeness (QED) is 0.852. The van der Waals surface area contributed by atoms with E-state index in [4.69, 9.17) is 0 Å². The number of rotatable bonds is 4. The minimum atomic E-state index is -2.97. The number of amides is 1. The fourth-order valence-electron chi connectivity index (χ4n) is 1.63. The molecule has 2 rings (SSSR count). The van der Waals surface area contributed by atoms with Crippen LogP contribution in [-0.4, -0.2) is 50.4 Å². The van der Waals surface area contributed by atoms with E-state index in [0.717, 1.165) is 0 Å². The fourth-order valence-corrected chi connectivity index (χ4v) is 3.36. The number of carbonyl (C=O) groups excluding carboxylic acids is 1. The van der Waals surface area contributed by atoms with Crippen LogP contribution in [0.5, 0.6) is 0 Å². The summed E-state index contributed by atoms with van der Waals surface area (Å²) in [6.45, 7) is 3.32. The van der Waals surface area contributed by atoms with Crippen LogP contribution < -0.4 is 10.2 Å². The Labute approximate surface area is 110 Å². The van der Waals surface area contributed by atoms with E-state index < -0.39 is 9.84 Å². The Bertz CT molecular complexity index is 546. The molecule has 1 aromatic heterocycles. The van der Waals surface area contributed by atoms with Gasteiger partial charge in [0.1, 0.15) is 5.69 Å². The molecule has 8 heteroatoms. The normalized spacial score (nSPS) is 16.4. The zero-order valence-corrected chi connectivity index (χ0v) is 11.8. The lowest BCUT2D eigenvalue weighted by Crippen LogP contribution is -2.54. The third-order valence-electron chi connectivity index (χ3n) is 2.79. The third kappa shape index (κ3) is 2.64. The summed E-state index contributed by atoms with van der Waals surface area (Å²) in [5.74, 6) is -0.194. The summed E-state index contributed by atoms with van der Waals surface area (Å²) in [5, 5.41) is 4.76. The monoisotopic (exact) mass is 289 g/mol. The van der Waals surface area contributed by atoms with Crippen molar-refractivity contribution >= 4 is 32.2 Å². The number of carbonyl (C=O) groups is 1. The summed E-state index contributed by atoms with van der Waals surface area (Å²) in [6, 6.07) is 0. The molecule has 100 valence electrons. The molecule has 6 nitrogen and oxygen atoms in total. The molecule has 1 N–H and O–H groups in total. The average molecular weight is 289 g/mol. The maximum absolute atomic E-state index is 11.5. The lowest BCUT2D eigenvalue weighted by molar-refractivity contribution is 0.0951. The van der Waals surface area contributed by atoms with Crippen molar-refractivity contribution in [2.75, 3.05) is 30.8 Å². The van der Waals surface area contributed by atoms with Gasteiger partial charge in [0.2, 0.25) is 0 Å². The van der Waals surface area contributed by atoms with Gasteiger partial charge >= 0.3 is 0 Å². The average Bonchev–Trinajstić information content (AvgIpc) is 2.62. The summed E-state index contributed by atoms with van der Waals surface area (Å²) in [5.41, 5.74) is 0.389. The Morgan fingerprint density at radius 1 is 1.61 bits per heavy atom. The number of nitrogens with one attached hydrogen (secondary N) is 1. The first-order valence-corrected chi connectivity index (χ1v) is 8.42. The van der Waals surface area contributed by atoms with Crippen molar-refractivity contribution in [3.05, 3.63) is 11.1 Å². The van der Waals surface area contributed by atoms with Gasteiger partial charge in [0, 0.05) is 31.3 Å². The second-order valence-corrected chi connectivity index (χ2v) is 7.39. The molecule has 1 amide bonds. The van der Waals surface area contributed by atoms with Crippen LogP contribution in [0.4, 0.5) is 5.13 Å². The highest BCUT2D eigenvalue weighted by Crippen LogP contribution is 2.27. The molecule has 0 radical (unpaired) electrons. The van der Waals surface area contributed by atoms with Crippen molar-refractivity contribution in [3.8, 4) is 0 Å². The Morgan fingerprint density at radius 3 is 2.83 bits per heavy atom. The zero-order chi connectivity index (χ0) is 13.3. The molecule has 2 heterocycles. The zero-order valence-electron chi connectivity index (χ0n) is 10.2. The van der Waals surface area contributed by atoms with Crippen molar-refractivity contribution in [3.63, 3.8) is 0 Å². The molecule has 1 saturated heterocycles. The molecule has 18 heavy (non-hydrogen) atoms. The van der Waals surface area contributed by atoms with Gasteiger partial charge in [0.25, 0.3) is 5.91 Å². The molecule has 0 aromatic carbocycles. The molecular formula is C10H15N3O3S2. The first-order valence-electron chi connectivity index (χ1n) is 5.59. The highest BCUT2D eigenvalue weighted by Gasteiger charge is 2.36. The van der Waals surface area contributed by atoms with E-state index in [1.165, 1.54) is 17.6 Å². The maximum atomic E-state index is 11.5. The van der Waals surface area contributed by atoms with Crippen LogP contribution in [-0.2, 0) is 9.84 Å². The van der Waals surface area contributed by atoms with Gasteiger partial charge in [-0.25, -0.2) is 13.4 Å². The molecule has 0 aliphatic carbocycles. The summed E-state index contributed by atoms with van der Waals surface area (Å²) in [7, 11) is -2.97. The summed E-state index contributed by atoms with van der Waals surface area (Å²) in [6.07, 6.45) is 1.25. The minimum absolute atomic E-state index is 0.194. The molecule has 1 fully saturated rings. The predicted octanol–water partition coefficient (Wildman–Crippen LogP) is 0.126. The summed E-state index contributed by atoms with van der Waals surface area (Å²) < 4.78 is 22.6. The van der Waals surface area contributed by atoms with Crippen molar-refractivity contribution in [1.29, 1.82) is 0 Å². The predicted molar refractivity (Wildman–Crippen MR) is 71.0 cm³/mol. The van der Waals surface area contributed by atoms with Gasteiger partial charge in [-0.2, -0.15) is 0 Å². The van der Waals surface area contributed by atoms with Crippen LogP contribution in [0.25, 0.3) is 0 Å². The van der Waals surface area contributed by atoms with Gasteiger partial charge in [0.05, 0.1) is 5.25 Å². The van der Waals surface area contributed by atoms with Gasteiger partial charge in [-0.05, 0) is 6.92 Å². The molecule has 0 atom stereocenters. The Kier molecular flexibility index (Phi) is 3.58. The van der Waals surface area contributed by atoms with Crippen molar-refractivity contribution in [2.24, 2.45) is 0 Å². The van der Waals surface area contributed by atoms with Crippen LogP contribution in [0.2, 0.25) is 0 Å². The van der Waals surface area contributed by atoms with Crippen LogP contribution in [0, 0.1) is 0 Å². The molecular weight excluding hydrogens is 274 g/mol. The number of hydrogen-bond acceptors (Lipinski definition) is 6. The van der Waals surface area contributed by atoms with Gasteiger partial charge in [0.15, 0.2) is 15.0 Å². The second-order valence-electron chi connectivity index (χ2n) is 4.23. The molecule has 1 aliphatic rings. The van der Waals surface area contributed by atoms with Crippen LogP contribution in [0.1, 0.15) is 17.4 Å². The van der Waals surface area contributed by atoms with Crippen LogP contribution >= 0.6 is 11.3 Å². The molecule has 1 aromatic rings. The number of hydrogen-bond donors (Lipinski definition) is 1. The fraction of sp³-hybridized carbons (Fsp3) is 0.600. The largest absolute Gasteiger partial charge is 0.351 e. The number of anilines is 1. The summed E-state index contributed by atoms with van der Waals surface area (Å²) >= 11 is 1.36. The molecule has 0 spiro atoms. The number of sulfone groups is 1. The number of aromatic nitrogens is 1. The Hall–Kier alpha value is -1.15. The van der Waals surface area contributed by atoms with E-state index in [9.17, 15) is 13.2 Å². The van der Waals surface area contributed by atoms with Crippen molar-refractivity contribution in [2.45, 2.75) is 12.2 Å². The lowest BCUT2D eigenvalue weighted by Gasteiger charge is -2.37. The van der Waals surface area contributed by atoms with E-state index in [1.54, 1.807) is 5.38 Å². The van der Waals surface area contributed by atoms with E-state index in [2.05, 4.69) is 10.3 Å². The molecule has 0 saturated carbocycles. The smallest absolute Gasteiger partial charge is 0.270 e. The highest BCUT2D eigenvalue weighted by atomic mass is 32.2. The van der Waals surface area contributed by atoms with E-state index in [0.29, 0.717) is 30.5 Å². The number of nitrogens with zero attached hydrogens (tertiary/aromatic N) is 2. The Morgan fingerprint density at radius 2 is 2.28 bits per heavy atom. The lowest BCUT2D eigenvalue weighted by atomic mass is 10.2. The SMILES string of the molecule is CCNC(=O)c1csc(N2CC(S(C)(=O)=O)C2)n1. The standard InChI is InChI=1S/C10H15N3O3S2/c1-3-11-9(14)8-6-17-10(12-8)13-4-7(5-13)18(2,15)16/h6-7H,3-5H2,1-2H3,(H,11,14). The molecule has 0 unspecified atom stereocenters. The van der Waals surface area contributed by atoms with Gasteiger partial charge in [-0.3, -0.25) is 4.79 Å². The minimum Gasteiger partial charge on any atom is -0.351 e. The Balaban J connectivity index is 1.99. The van der Waals surface area contributed by atoms with Crippen LogP contribution in [0.3, 0.4) is 0 Å². The summed E-state index contributed by atoms with van der Waals surface area (Å²) in [4.78, 5) is 17.6. The number of thiazole rings is 1. The molecule has 1 aliphatic heterocycles. The maximum Gasteiger partial charge on any atom is 0.270 e. The van der Waals surface area contributed by atoms with E-state index >= 15 is 0 Å². The third-order valence-corrected chi connectivity index (χ3v) is 5.20. The first-order chi connectivity index (χ1) is 8.41. The van der Waals surface area contributed by atoms with Gasteiger partial charge < -0.3 is 10.2 Å². The van der Waals surface area contributed by atoms with E-state index in [-0.39, 0.29) is 11.2 Å². The van der Waals surface area contributed by atoms with Crippen LogP contribution in [0.15, 0.2) is 5.38 Å². The topological polar surface area (TPSA) is 79.4 Å². The van der Waals surface area contributed by atoms with E-state index in [1.807, 2.05) is 11.8 Å². The first kappa shape index (κ1) is 13.3. The molecule has 0 bridgehead atoms. The highest BCUT2D eigenvalue weighted by molar-refractivity contribution is 7.91. The van der Waals surface area contributed by atoms with Gasteiger partial charge in [-0.1, -0.05) is 0 Å². The second kappa shape index (κ2) is 4.85. The van der Waals surface area contributed by atoms with Gasteiger partial charge in [-0.15, -0.1) is 11.3 Å².